The SMILES string of the molecule is OCCN1CC1CCCCCC1CN1CCO. The second-order valence-corrected chi connectivity index (χ2v) is 5.38. The summed E-state index contributed by atoms with van der Waals surface area (Å²) in [5, 5.41) is 17.6. The van der Waals surface area contributed by atoms with Gasteiger partial charge in [-0.15, -0.1) is 0 Å². The first-order valence-corrected chi connectivity index (χ1v) is 7.05. The van der Waals surface area contributed by atoms with Crippen LogP contribution in [0, 0.1) is 0 Å². The van der Waals surface area contributed by atoms with Gasteiger partial charge in [0.25, 0.3) is 0 Å². The number of hydrogen-bond acceptors (Lipinski definition) is 4. The molecule has 0 aliphatic carbocycles. The van der Waals surface area contributed by atoms with Gasteiger partial charge in [0.05, 0.1) is 13.2 Å². The van der Waals surface area contributed by atoms with Crippen LogP contribution < -0.4 is 0 Å². The molecule has 2 fully saturated rings. The highest BCUT2D eigenvalue weighted by Crippen LogP contribution is 2.25. The molecule has 0 spiro atoms. The molecular formula is C13H26N2O2. The Morgan fingerprint density at radius 2 is 1.24 bits per heavy atom. The van der Waals surface area contributed by atoms with Crippen molar-refractivity contribution in [1.29, 1.82) is 0 Å². The molecule has 100 valence electrons. The number of aliphatic hydroxyl groups excluding tert-OH is 2. The summed E-state index contributed by atoms with van der Waals surface area (Å²) in [5.74, 6) is 0. The van der Waals surface area contributed by atoms with E-state index in [2.05, 4.69) is 9.80 Å². The van der Waals surface area contributed by atoms with E-state index in [0.29, 0.717) is 13.2 Å². The Labute approximate surface area is 104 Å². The van der Waals surface area contributed by atoms with E-state index in [0.717, 1.165) is 25.2 Å². The Balaban J connectivity index is 1.36. The van der Waals surface area contributed by atoms with Gasteiger partial charge < -0.3 is 10.2 Å². The molecule has 4 nitrogen and oxygen atoms in total. The molecule has 0 aromatic carbocycles. The van der Waals surface area contributed by atoms with Crippen LogP contribution in [0.1, 0.15) is 32.1 Å². The monoisotopic (exact) mass is 242 g/mol. The Hall–Kier alpha value is -0.160. The van der Waals surface area contributed by atoms with Crippen molar-refractivity contribution in [3.63, 3.8) is 0 Å². The van der Waals surface area contributed by atoms with Crippen LogP contribution in [-0.2, 0) is 0 Å². The molecule has 0 radical (unpaired) electrons. The number of nitrogens with zero attached hydrogens (tertiary/aromatic N) is 2. The second kappa shape index (κ2) is 6.69. The van der Waals surface area contributed by atoms with Crippen molar-refractivity contribution in [1.82, 2.24) is 9.80 Å². The number of β-amino-alcohol motifs (C(OH)–C–C–N with tert-alkyl or cyclic N) is 2. The summed E-state index contributed by atoms with van der Waals surface area (Å²) >= 11 is 0. The smallest absolute Gasteiger partial charge is 0.0558 e. The number of aliphatic hydroxyl groups is 2. The molecule has 4 heteroatoms. The van der Waals surface area contributed by atoms with Crippen molar-refractivity contribution >= 4 is 0 Å². The fourth-order valence-corrected chi connectivity index (χ4v) is 2.74. The minimum Gasteiger partial charge on any atom is -0.395 e. The molecule has 0 saturated carbocycles. The maximum Gasteiger partial charge on any atom is 0.0558 e. The van der Waals surface area contributed by atoms with Gasteiger partial charge in [0.1, 0.15) is 0 Å². The van der Waals surface area contributed by atoms with Crippen molar-refractivity contribution in [2.24, 2.45) is 0 Å². The van der Waals surface area contributed by atoms with Crippen LogP contribution >= 0.6 is 0 Å². The third-order valence-corrected chi connectivity index (χ3v) is 4.01. The number of unbranched alkanes of at least 4 members (excludes halogenated alkanes) is 2. The fraction of sp³-hybridized carbons (Fsp3) is 1.00. The lowest BCUT2D eigenvalue weighted by Crippen LogP contribution is -2.08. The molecule has 2 heterocycles. The van der Waals surface area contributed by atoms with Gasteiger partial charge in [-0.05, 0) is 12.8 Å². The summed E-state index contributed by atoms with van der Waals surface area (Å²) in [5.41, 5.74) is 0. The predicted molar refractivity (Wildman–Crippen MR) is 68.0 cm³/mol. The van der Waals surface area contributed by atoms with Gasteiger partial charge in [0.15, 0.2) is 0 Å². The lowest BCUT2D eigenvalue weighted by molar-refractivity contribution is 0.262. The molecular weight excluding hydrogens is 216 g/mol. The summed E-state index contributed by atoms with van der Waals surface area (Å²) in [4.78, 5) is 4.70. The molecule has 0 aromatic rings. The fourth-order valence-electron chi connectivity index (χ4n) is 2.74. The van der Waals surface area contributed by atoms with Crippen molar-refractivity contribution in [3.8, 4) is 0 Å². The minimum absolute atomic E-state index is 0.304. The van der Waals surface area contributed by atoms with Crippen LogP contribution in [0.4, 0.5) is 0 Å². The van der Waals surface area contributed by atoms with Crippen LogP contribution in [0.15, 0.2) is 0 Å². The lowest BCUT2D eigenvalue weighted by Gasteiger charge is -2.03. The van der Waals surface area contributed by atoms with E-state index < -0.39 is 0 Å². The molecule has 17 heavy (non-hydrogen) atoms. The molecule has 4 atom stereocenters. The van der Waals surface area contributed by atoms with Crippen LogP contribution in [0.5, 0.6) is 0 Å². The van der Waals surface area contributed by atoms with E-state index in [9.17, 15) is 0 Å². The molecule has 2 rings (SSSR count). The molecule has 0 amide bonds. The van der Waals surface area contributed by atoms with Gasteiger partial charge in [-0.2, -0.15) is 0 Å². The maximum absolute atomic E-state index is 8.78. The molecule has 0 aromatic heterocycles. The first kappa shape index (κ1) is 13.3. The molecule has 2 N–H and O–H groups in total. The van der Waals surface area contributed by atoms with E-state index >= 15 is 0 Å². The zero-order chi connectivity index (χ0) is 12.1. The van der Waals surface area contributed by atoms with Gasteiger partial charge >= 0.3 is 0 Å². The molecule has 2 saturated heterocycles. The van der Waals surface area contributed by atoms with Crippen molar-refractivity contribution in [2.45, 2.75) is 44.2 Å². The zero-order valence-corrected chi connectivity index (χ0v) is 10.7. The summed E-state index contributed by atoms with van der Waals surface area (Å²) in [6.45, 7) is 4.74. The molecule has 2 aliphatic rings. The maximum atomic E-state index is 8.78. The van der Waals surface area contributed by atoms with Gasteiger partial charge in [0.2, 0.25) is 0 Å². The Morgan fingerprint density at radius 1 is 0.765 bits per heavy atom. The summed E-state index contributed by atoms with van der Waals surface area (Å²) in [7, 11) is 0. The quantitative estimate of drug-likeness (QED) is 0.427. The number of hydrogen-bond donors (Lipinski definition) is 2. The second-order valence-electron chi connectivity index (χ2n) is 5.38. The topological polar surface area (TPSA) is 46.5 Å². The van der Waals surface area contributed by atoms with Gasteiger partial charge in [-0.25, -0.2) is 0 Å². The standard InChI is InChI=1S/C13H26N2O2/c16-8-6-14-10-12(14)4-2-1-3-5-13-11-15(13)7-9-17/h12-13,16-17H,1-11H2. The predicted octanol–water partition coefficient (Wildman–Crippen LogP) is 0.290. The summed E-state index contributed by atoms with van der Waals surface area (Å²) in [6, 6.07) is 1.54. The Morgan fingerprint density at radius 3 is 1.65 bits per heavy atom. The van der Waals surface area contributed by atoms with E-state index in [4.69, 9.17) is 10.2 Å². The zero-order valence-electron chi connectivity index (χ0n) is 10.7. The van der Waals surface area contributed by atoms with Gasteiger partial charge in [0, 0.05) is 38.3 Å². The highest BCUT2D eigenvalue weighted by molar-refractivity contribution is 4.89. The Kier molecular flexibility index (Phi) is 5.22. The third kappa shape index (κ3) is 4.54. The Bertz CT molecular complexity index is 203. The minimum atomic E-state index is 0.304. The largest absolute Gasteiger partial charge is 0.395 e. The van der Waals surface area contributed by atoms with E-state index in [1.165, 1.54) is 45.2 Å². The van der Waals surface area contributed by atoms with Gasteiger partial charge in [-0.1, -0.05) is 19.3 Å². The van der Waals surface area contributed by atoms with E-state index in [1.54, 1.807) is 0 Å². The highest BCUT2D eigenvalue weighted by Gasteiger charge is 2.33. The highest BCUT2D eigenvalue weighted by atomic mass is 16.3. The van der Waals surface area contributed by atoms with Gasteiger partial charge in [-0.3, -0.25) is 9.80 Å². The molecule has 4 unspecified atom stereocenters. The van der Waals surface area contributed by atoms with Crippen molar-refractivity contribution in [2.75, 3.05) is 39.4 Å². The van der Waals surface area contributed by atoms with Crippen LogP contribution in [-0.4, -0.2) is 71.5 Å². The van der Waals surface area contributed by atoms with Crippen LogP contribution in [0.2, 0.25) is 0 Å². The number of rotatable bonds is 10. The van der Waals surface area contributed by atoms with Crippen LogP contribution in [0.25, 0.3) is 0 Å². The first-order chi connectivity index (χ1) is 8.35. The van der Waals surface area contributed by atoms with E-state index in [1.807, 2.05) is 0 Å². The normalized spacial score (nSPS) is 34.9. The van der Waals surface area contributed by atoms with Crippen molar-refractivity contribution in [3.05, 3.63) is 0 Å². The van der Waals surface area contributed by atoms with Crippen molar-refractivity contribution < 1.29 is 10.2 Å². The molecule has 0 bridgehead atoms. The van der Waals surface area contributed by atoms with E-state index in [-0.39, 0.29) is 0 Å². The van der Waals surface area contributed by atoms with Crippen LogP contribution in [0.3, 0.4) is 0 Å². The summed E-state index contributed by atoms with van der Waals surface area (Å²) < 4.78 is 0. The first-order valence-electron chi connectivity index (χ1n) is 7.05. The third-order valence-electron chi connectivity index (χ3n) is 4.01. The lowest BCUT2D eigenvalue weighted by atomic mass is 10.1. The average Bonchev–Trinajstić information content (AvgIpc) is 3.19. The average molecular weight is 242 g/mol. The molecule has 2 aliphatic heterocycles. The summed E-state index contributed by atoms with van der Waals surface area (Å²) in [6.07, 6.45) is 6.63.